The zero-order valence-corrected chi connectivity index (χ0v) is 19.2. The summed E-state index contributed by atoms with van der Waals surface area (Å²) in [5, 5.41) is 9.07. The monoisotopic (exact) mass is 439 g/mol. The summed E-state index contributed by atoms with van der Waals surface area (Å²) in [6, 6.07) is 25.8. The number of benzene rings is 3. The topological polar surface area (TPSA) is 56.6 Å². The molecule has 0 aromatic heterocycles. The minimum atomic E-state index is -0.0220. The molecular formula is C28H29N3O2. The first-order chi connectivity index (χ1) is 16.0. The second-order valence-corrected chi connectivity index (χ2v) is 8.72. The van der Waals surface area contributed by atoms with Crippen molar-refractivity contribution in [2.24, 2.45) is 0 Å². The predicted molar refractivity (Wildman–Crippen MR) is 130 cm³/mol. The normalized spacial score (nSPS) is 14.2. The van der Waals surface area contributed by atoms with Crippen LogP contribution in [0.5, 0.6) is 5.75 Å². The van der Waals surface area contributed by atoms with Crippen molar-refractivity contribution in [3.63, 3.8) is 0 Å². The van der Waals surface area contributed by atoms with Crippen LogP contribution in [0.1, 0.15) is 34.3 Å². The van der Waals surface area contributed by atoms with Crippen molar-refractivity contribution in [1.29, 1.82) is 5.26 Å². The first-order valence-electron chi connectivity index (χ1n) is 11.3. The van der Waals surface area contributed by atoms with Crippen LogP contribution in [0.3, 0.4) is 0 Å². The molecule has 33 heavy (non-hydrogen) atoms. The minimum absolute atomic E-state index is 0.0220. The zero-order valence-electron chi connectivity index (χ0n) is 19.2. The van der Waals surface area contributed by atoms with Gasteiger partial charge in [0.25, 0.3) is 5.91 Å². The van der Waals surface area contributed by atoms with Gasteiger partial charge in [0.05, 0.1) is 11.6 Å². The van der Waals surface area contributed by atoms with Crippen LogP contribution in [0, 0.1) is 11.3 Å². The van der Waals surface area contributed by atoms with E-state index < -0.39 is 0 Å². The Morgan fingerprint density at radius 2 is 1.76 bits per heavy atom. The molecule has 1 amide bonds. The summed E-state index contributed by atoms with van der Waals surface area (Å²) in [6.07, 6.45) is 1.67. The number of hydrogen-bond donors (Lipinski definition) is 0. The number of ether oxygens (including phenoxy) is 1. The SMILES string of the molecule is CN(C)Cc1ccccc1-c1ccc(OC2CCN(C(=O)c3cccc(C#N)c3)CC2)cc1. The second kappa shape index (κ2) is 10.3. The van der Waals surface area contributed by atoms with Crippen LogP contribution in [0.4, 0.5) is 0 Å². The molecule has 1 aliphatic heterocycles. The van der Waals surface area contributed by atoms with E-state index in [0.29, 0.717) is 24.2 Å². The third-order valence-corrected chi connectivity index (χ3v) is 5.94. The number of nitrogens with zero attached hydrogens (tertiary/aromatic N) is 3. The summed E-state index contributed by atoms with van der Waals surface area (Å²) in [6.45, 7) is 2.19. The number of nitriles is 1. The van der Waals surface area contributed by atoms with Crippen LogP contribution in [0.2, 0.25) is 0 Å². The van der Waals surface area contributed by atoms with Crippen LogP contribution in [-0.4, -0.2) is 49.0 Å². The Labute approximate surface area is 195 Å². The van der Waals surface area contributed by atoms with Crippen LogP contribution >= 0.6 is 0 Å². The molecule has 4 rings (SSSR count). The molecule has 0 bridgehead atoms. The fourth-order valence-corrected chi connectivity index (χ4v) is 4.27. The van der Waals surface area contributed by atoms with Crippen LogP contribution in [-0.2, 0) is 6.54 Å². The molecule has 0 saturated carbocycles. The van der Waals surface area contributed by atoms with E-state index in [2.05, 4.69) is 61.5 Å². The van der Waals surface area contributed by atoms with Crippen molar-refractivity contribution in [2.75, 3.05) is 27.2 Å². The number of carbonyl (C=O) groups is 1. The van der Waals surface area contributed by atoms with Gasteiger partial charge in [0.2, 0.25) is 0 Å². The van der Waals surface area contributed by atoms with E-state index in [1.165, 1.54) is 16.7 Å². The van der Waals surface area contributed by atoms with E-state index in [0.717, 1.165) is 25.1 Å². The lowest BCUT2D eigenvalue weighted by molar-refractivity contribution is 0.0595. The molecule has 0 N–H and O–H groups in total. The van der Waals surface area contributed by atoms with E-state index in [1.54, 1.807) is 24.3 Å². The quantitative estimate of drug-likeness (QED) is 0.544. The number of piperidine rings is 1. The van der Waals surface area contributed by atoms with Gasteiger partial charge in [0.15, 0.2) is 0 Å². The highest BCUT2D eigenvalue weighted by molar-refractivity contribution is 5.94. The van der Waals surface area contributed by atoms with Crippen molar-refractivity contribution in [3.8, 4) is 22.9 Å². The lowest BCUT2D eigenvalue weighted by atomic mass is 9.99. The highest BCUT2D eigenvalue weighted by Crippen LogP contribution is 2.28. The molecule has 1 saturated heterocycles. The molecule has 0 unspecified atom stereocenters. The number of amides is 1. The van der Waals surface area contributed by atoms with Crippen LogP contribution in [0.15, 0.2) is 72.8 Å². The Hall–Kier alpha value is -3.62. The van der Waals surface area contributed by atoms with Gasteiger partial charge in [-0.25, -0.2) is 0 Å². The van der Waals surface area contributed by atoms with Gasteiger partial charge < -0.3 is 14.5 Å². The van der Waals surface area contributed by atoms with Crippen molar-refractivity contribution in [3.05, 3.63) is 89.5 Å². The fourth-order valence-electron chi connectivity index (χ4n) is 4.27. The number of hydrogen-bond acceptors (Lipinski definition) is 4. The van der Waals surface area contributed by atoms with Gasteiger partial charge in [0, 0.05) is 38.0 Å². The zero-order chi connectivity index (χ0) is 23.2. The van der Waals surface area contributed by atoms with Crippen molar-refractivity contribution >= 4 is 5.91 Å². The van der Waals surface area contributed by atoms with Gasteiger partial charge in [-0.3, -0.25) is 4.79 Å². The molecule has 168 valence electrons. The fraction of sp³-hybridized carbons (Fsp3) is 0.286. The third-order valence-electron chi connectivity index (χ3n) is 5.94. The molecule has 1 fully saturated rings. The smallest absolute Gasteiger partial charge is 0.253 e. The lowest BCUT2D eigenvalue weighted by Crippen LogP contribution is -2.41. The summed E-state index contributed by atoms with van der Waals surface area (Å²) in [5.74, 6) is 0.835. The Balaban J connectivity index is 1.35. The number of rotatable bonds is 6. The van der Waals surface area contributed by atoms with Crippen molar-refractivity contribution in [1.82, 2.24) is 9.80 Å². The average molecular weight is 440 g/mol. The van der Waals surface area contributed by atoms with Gasteiger partial charge in [-0.15, -0.1) is 0 Å². The van der Waals surface area contributed by atoms with Crippen LogP contribution in [0.25, 0.3) is 11.1 Å². The molecule has 1 aliphatic rings. The first-order valence-corrected chi connectivity index (χ1v) is 11.3. The predicted octanol–water partition coefficient (Wildman–Crippen LogP) is 4.97. The van der Waals surface area contributed by atoms with E-state index in [4.69, 9.17) is 10.00 Å². The van der Waals surface area contributed by atoms with Gasteiger partial charge in [0.1, 0.15) is 11.9 Å². The summed E-state index contributed by atoms with van der Waals surface area (Å²) in [5.41, 5.74) is 4.80. The largest absolute Gasteiger partial charge is 0.490 e. The summed E-state index contributed by atoms with van der Waals surface area (Å²) in [7, 11) is 4.16. The summed E-state index contributed by atoms with van der Waals surface area (Å²) < 4.78 is 6.22. The second-order valence-electron chi connectivity index (χ2n) is 8.72. The Morgan fingerprint density at radius 3 is 2.45 bits per heavy atom. The molecule has 0 spiro atoms. The molecule has 0 radical (unpaired) electrons. The van der Waals surface area contributed by atoms with E-state index in [9.17, 15) is 4.79 Å². The average Bonchev–Trinajstić information content (AvgIpc) is 2.85. The van der Waals surface area contributed by atoms with Gasteiger partial charge in [-0.1, -0.05) is 42.5 Å². The van der Waals surface area contributed by atoms with Gasteiger partial charge in [-0.05, 0) is 61.1 Å². The highest BCUT2D eigenvalue weighted by Gasteiger charge is 2.25. The molecule has 5 nitrogen and oxygen atoms in total. The Kier molecular flexibility index (Phi) is 7.07. The molecule has 0 aliphatic carbocycles. The summed E-state index contributed by atoms with van der Waals surface area (Å²) in [4.78, 5) is 16.8. The molecule has 5 heteroatoms. The third kappa shape index (κ3) is 5.60. The highest BCUT2D eigenvalue weighted by atomic mass is 16.5. The molecule has 3 aromatic carbocycles. The van der Waals surface area contributed by atoms with E-state index in [1.807, 2.05) is 17.0 Å². The standard InChI is InChI=1S/C28H29N3O2/c1-30(2)20-24-7-3-4-9-27(24)22-10-12-25(13-11-22)33-26-14-16-31(17-15-26)28(32)23-8-5-6-21(18-23)19-29/h3-13,18,26H,14-17,20H2,1-2H3. The minimum Gasteiger partial charge on any atom is -0.490 e. The Morgan fingerprint density at radius 1 is 1.03 bits per heavy atom. The lowest BCUT2D eigenvalue weighted by Gasteiger charge is -2.32. The van der Waals surface area contributed by atoms with Gasteiger partial charge >= 0.3 is 0 Å². The van der Waals surface area contributed by atoms with E-state index in [-0.39, 0.29) is 12.0 Å². The number of likely N-dealkylation sites (tertiary alicyclic amines) is 1. The maximum Gasteiger partial charge on any atom is 0.253 e. The van der Waals surface area contributed by atoms with Gasteiger partial charge in [-0.2, -0.15) is 5.26 Å². The maximum atomic E-state index is 12.8. The van der Waals surface area contributed by atoms with Crippen molar-refractivity contribution < 1.29 is 9.53 Å². The molecule has 3 aromatic rings. The Bertz CT molecular complexity index is 1140. The molecule has 0 atom stereocenters. The molecule has 1 heterocycles. The van der Waals surface area contributed by atoms with Crippen LogP contribution < -0.4 is 4.74 Å². The van der Waals surface area contributed by atoms with Crippen molar-refractivity contribution in [2.45, 2.75) is 25.5 Å². The maximum absolute atomic E-state index is 12.8. The van der Waals surface area contributed by atoms with E-state index >= 15 is 0 Å². The molecular weight excluding hydrogens is 410 g/mol. The summed E-state index contributed by atoms with van der Waals surface area (Å²) >= 11 is 0. The first kappa shape index (κ1) is 22.6. The number of carbonyl (C=O) groups excluding carboxylic acids is 1.